The van der Waals surface area contributed by atoms with Crippen LogP contribution in [0.1, 0.15) is 16.8 Å². The molecule has 0 aliphatic carbocycles. The van der Waals surface area contributed by atoms with Gasteiger partial charge in [0.25, 0.3) is 0 Å². The van der Waals surface area contributed by atoms with Crippen LogP contribution in [0.5, 0.6) is 5.75 Å². The summed E-state index contributed by atoms with van der Waals surface area (Å²) in [6, 6.07) is 3.83. The Hall–Kier alpha value is -2.48. The number of terminal acetylenes is 1. The zero-order valence-electron chi connectivity index (χ0n) is 9.46. The van der Waals surface area contributed by atoms with E-state index in [2.05, 4.69) is 5.92 Å². The maximum Gasteiger partial charge on any atom is 0.335 e. The van der Waals surface area contributed by atoms with Gasteiger partial charge in [0.1, 0.15) is 5.75 Å². The number of carboxylic acid groups (broad SMARTS) is 1. The maximum atomic E-state index is 11.7. The van der Waals surface area contributed by atoms with E-state index < -0.39 is 5.97 Å². The molecule has 1 aliphatic rings. The number of phenols is 1. The zero-order chi connectivity index (χ0) is 13.3. The number of phenolic OH excluding ortho intramolecular Hbond substituents is 1. The van der Waals surface area contributed by atoms with E-state index in [9.17, 15) is 14.7 Å². The van der Waals surface area contributed by atoms with E-state index in [-0.39, 0.29) is 29.6 Å². The number of hydrogen-bond donors (Lipinski definition) is 2. The lowest BCUT2D eigenvalue weighted by Crippen LogP contribution is -2.24. The van der Waals surface area contributed by atoms with Crippen LogP contribution in [-0.2, 0) is 4.79 Å². The van der Waals surface area contributed by atoms with Gasteiger partial charge in [-0.15, -0.1) is 12.3 Å². The third-order valence-corrected chi connectivity index (χ3v) is 2.82. The van der Waals surface area contributed by atoms with Gasteiger partial charge in [0, 0.05) is 30.6 Å². The van der Waals surface area contributed by atoms with Crippen LogP contribution in [0.25, 0.3) is 0 Å². The quantitative estimate of drug-likeness (QED) is 0.764. The highest BCUT2D eigenvalue weighted by Crippen LogP contribution is 2.28. The Morgan fingerprint density at radius 3 is 2.72 bits per heavy atom. The highest BCUT2D eigenvalue weighted by atomic mass is 16.4. The van der Waals surface area contributed by atoms with Gasteiger partial charge in [-0.1, -0.05) is 0 Å². The lowest BCUT2D eigenvalue weighted by Gasteiger charge is -2.16. The summed E-state index contributed by atoms with van der Waals surface area (Å²) in [7, 11) is 0. The first-order valence-electron chi connectivity index (χ1n) is 5.35. The van der Waals surface area contributed by atoms with Gasteiger partial charge in [0.15, 0.2) is 0 Å². The number of anilines is 1. The summed E-state index contributed by atoms with van der Waals surface area (Å²) in [6.45, 7) is 0.345. The first kappa shape index (κ1) is 12.0. The van der Waals surface area contributed by atoms with E-state index in [0.29, 0.717) is 12.2 Å². The molecule has 0 bridgehead atoms. The second-order valence-corrected chi connectivity index (χ2v) is 4.12. The largest absolute Gasteiger partial charge is 0.508 e. The van der Waals surface area contributed by atoms with Crippen LogP contribution in [0.15, 0.2) is 18.2 Å². The summed E-state index contributed by atoms with van der Waals surface area (Å²) in [4.78, 5) is 24.0. The molecule has 1 aromatic rings. The Balaban J connectivity index is 2.37. The van der Waals surface area contributed by atoms with E-state index >= 15 is 0 Å². The summed E-state index contributed by atoms with van der Waals surface area (Å²) in [6.07, 6.45) is 5.52. The predicted octanol–water partition coefficient (Wildman–Crippen LogP) is 1.08. The molecule has 0 spiro atoms. The minimum atomic E-state index is -1.16. The minimum Gasteiger partial charge on any atom is -0.508 e. The highest BCUT2D eigenvalue weighted by Gasteiger charge is 2.30. The van der Waals surface area contributed by atoms with Gasteiger partial charge in [-0.3, -0.25) is 4.79 Å². The zero-order valence-corrected chi connectivity index (χ0v) is 9.46. The average Bonchev–Trinajstić information content (AvgIpc) is 2.69. The number of rotatable bonds is 2. The van der Waals surface area contributed by atoms with Crippen LogP contribution in [0.2, 0.25) is 0 Å². The van der Waals surface area contributed by atoms with Crippen molar-refractivity contribution in [3.8, 4) is 18.1 Å². The molecule has 0 aromatic heterocycles. The van der Waals surface area contributed by atoms with E-state index in [0.717, 1.165) is 6.07 Å². The maximum absolute atomic E-state index is 11.7. The Kier molecular flexibility index (Phi) is 2.94. The topological polar surface area (TPSA) is 77.8 Å². The molecule has 92 valence electrons. The SMILES string of the molecule is C#CC1CC(=O)N(c2cc(O)cc(C(=O)O)c2)C1. The second kappa shape index (κ2) is 4.41. The van der Waals surface area contributed by atoms with Crippen molar-refractivity contribution in [2.45, 2.75) is 6.42 Å². The molecule has 1 atom stereocenters. The molecule has 1 unspecified atom stereocenters. The van der Waals surface area contributed by atoms with Crippen LogP contribution in [0.3, 0.4) is 0 Å². The van der Waals surface area contributed by atoms with Crippen LogP contribution < -0.4 is 4.90 Å². The van der Waals surface area contributed by atoms with Crippen molar-refractivity contribution in [2.75, 3.05) is 11.4 Å². The van der Waals surface area contributed by atoms with Gasteiger partial charge < -0.3 is 15.1 Å². The fourth-order valence-electron chi connectivity index (χ4n) is 1.94. The number of benzene rings is 1. The van der Waals surface area contributed by atoms with Crippen molar-refractivity contribution in [3.63, 3.8) is 0 Å². The molecule has 1 aromatic carbocycles. The van der Waals surface area contributed by atoms with Crippen molar-refractivity contribution >= 4 is 17.6 Å². The third-order valence-electron chi connectivity index (χ3n) is 2.82. The number of aromatic hydroxyl groups is 1. The van der Waals surface area contributed by atoms with Crippen molar-refractivity contribution in [1.82, 2.24) is 0 Å². The lowest BCUT2D eigenvalue weighted by atomic mass is 10.1. The van der Waals surface area contributed by atoms with Crippen molar-refractivity contribution in [2.24, 2.45) is 5.92 Å². The number of aromatic carboxylic acids is 1. The molecular weight excluding hydrogens is 234 g/mol. The van der Waals surface area contributed by atoms with Crippen LogP contribution in [-0.4, -0.2) is 28.6 Å². The molecule has 18 heavy (non-hydrogen) atoms. The number of hydrogen-bond acceptors (Lipinski definition) is 3. The van der Waals surface area contributed by atoms with Crippen LogP contribution in [0, 0.1) is 18.3 Å². The highest BCUT2D eigenvalue weighted by molar-refractivity contribution is 5.98. The third kappa shape index (κ3) is 2.13. The molecule has 1 heterocycles. The molecule has 1 aliphatic heterocycles. The molecular formula is C13H11NO4. The number of carboxylic acids is 1. The summed E-state index contributed by atoms with van der Waals surface area (Å²) >= 11 is 0. The van der Waals surface area contributed by atoms with Gasteiger partial charge in [-0.25, -0.2) is 4.79 Å². The van der Waals surface area contributed by atoms with Crippen LogP contribution in [0.4, 0.5) is 5.69 Å². The fourth-order valence-corrected chi connectivity index (χ4v) is 1.94. The summed E-state index contributed by atoms with van der Waals surface area (Å²) in [5.74, 6) is 0.812. The van der Waals surface area contributed by atoms with E-state index in [4.69, 9.17) is 11.5 Å². The van der Waals surface area contributed by atoms with Gasteiger partial charge in [0.2, 0.25) is 5.91 Å². The molecule has 1 fully saturated rings. The molecule has 1 saturated heterocycles. The van der Waals surface area contributed by atoms with Gasteiger partial charge >= 0.3 is 5.97 Å². The average molecular weight is 245 g/mol. The van der Waals surface area contributed by atoms with E-state index in [1.54, 1.807) is 0 Å². The standard InChI is InChI=1S/C13H11NO4/c1-2-8-3-12(16)14(7-8)10-4-9(13(17)18)5-11(15)6-10/h1,4-6,8,15H,3,7H2,(H,17,18). The number of nitrogens with zero attached hydrogens (tertiary/aromatic N) is 1. The Morgan fingerprint density at radius 1 is 1.44 bits per heavy atom. The molecule has 5 nitrogen and oxygen atoms in total. The molecule has 2 rings (SSSR count). The second-order valence-electron chi connectivity index (χ2n) is 4.12. The summed E-state index contributed by atoms with van der Waals surface area (Å²) in [5, 5.41) is 18.4. The molecule has 0 radical (unpaired) electrons. The molecule has 2 N–H and O–H groups in total. The Bertz CT molecular complexity index is 559. The first-order chi connectivity index (χ1) is 8.51. The first-order valence-corrected chi connectivity index (χ1v) is 5.35. The lowest BCUT2D eigenvalue weighted by molar-refractivity contribution is -0.117. The van der Waals surface area contributed by atoms with Gasteiger partial charge in [0.05, 0.1) is 5.56 Å². The summed E-state index contributed by atoms with van der Waals surface area (Å²) < 4.78 is 0. The van der Waals surface area contributed by atoms with Crippen molar-refractivity contribution < 1.29 is 19.8 Å². The van der Waals surface area contributed by atoms with Crippen LogP contribution >= 0.6 is 0 Å². The van der Waals surface area contributed by atoms with Gasteiger partial charge in [-0.2, -0.15) is 0 Å². The predicted molar refractivity (Wildman–Crippen MR) is 64.4 cm³/mol. The minimum absolute atomic E-state index is 0.0676. The molecule has 1 amide bonds. The summed E-state index contributed by atoms with van der Waals surface area (Å²) in [5.41, 5.74) is 0.289. The van der Waals surface area contributed by atoms with Gasteiger partial charge in [-0.05, 0) is 12.1 Å². The Morgan fingerprint density at radius 2 is 2.17 bits per heavy atom. The van der Waals surface area contributed by atoms with E-state index in [1.165, 1.54) is 17.0 Å². The molecule has 5 heteroatoms. The fraction of sp³-hybridized carbons (Fsp3) is 0.231. The smallest absolute Gasteiger partial charge is 0.335 e. The normalized spacial score (nSPS) is 18.7. The number of carbonyl (C=O) groups is 2. The van der Waals surface area contributed by atoms with Crippen molar-refractivity contribution in [1.29, 1.82) is 0 Å². The van der Waals surface area contributed by atoms with Crippen molar-refractivity contribution in [3.05, 3.63) is 23.8 Å². The number of carbonyl (C=O) groups excluding carboxylic acids is 1. The monoisotopic (exact) mass is 245 g/mol. The number of amides is 1. The Labute approximate surface area is 104 Å². The molecule has 0 saturated carbocycles. The van der Waals surface area contributed by atoms with E-state index in [1.807, 2.05) is 0 Å².